The van der Waals surface area contributed by atoms with Gasteiger partial charge in [-0.2, -0.15) is 0 Å². The number of morpholine rings is 1. The molecule has 2 rings (SSSR count). The molecule has 3 atom stereocenters. The maximum absolute atomic E-state index is 10.1. The van der Waals surface area contributed by atoms with E-state index < -0.39 is 0 Å². The van der Waals surface area contributed by atoms with Crippen molar-refractivity contribution < 1.29 is 9.84 Å². The Morgan fingerprint density at radius 2 is 2.00 bits per heavy atom. The number of β-amino-alcohol motifs (C(OH)–C–C–N with tert-alkyl or cyclic N) is 1. The summed E-state index contributed by atoms with van der Waals surface area (Å²) in [6.45, 7) is 7.39. The normalized spacial score (nSPS) is 31.9. The Kier molecular flexibility index (Phi) is 6.57. The van der Waals surface area contributed by atoms with E-state index in [1.807, 2.05) is 0 Å². The van der Waals surface area contributed by atoms with Gasteiger partial charge in [-0.15, -0.1) is 0 Å². The van der Waals surface area contributed by atoms with E-state index in [4.69, 9.17) is 4.74 Å². The molecule has 19 heavy (non-hydrogen) atoms. The fourth-order valence-electron chi connectivity index (χ4n) is 3.14. The van der Waals surface area contributed by atoms with E-state index in [1.54, 1.807) is 0 Å². The van der Waals surface area contributed by atoms with Crippen molar-refractivity contribution in [1.29, 1.82) is 0 Å². The molecular formula is C15H30N2O2. The van der Waals surface area contributed by atoms with E-state index in [2.05, 4.69) is 17.1 Å². The summed E-state index contributed by atoms with van der Waals surface area (Å²) in [6.07, 6.45) is 6.32. The van der Waals surface area contributed by atoms with Gasteiger partial charge >= 0.3 is 0 Å². The lowest BCUT2D eigenvalue weighted by atomic mass is 10.0. The minimum atomic E-state index is -0.251. The zero-order chi connectivity index (χ0) is 13.5. The van der Waals surface area contributed by atoms with E-state index in [-0.39, 0.29) is 6.10 Å². The van der Waals surface area contributed by atoms with Crippen LogP contribution in [0.25, 0.3) is 0 Å². The molecule has 2 aliphatic rings. The Balaban J connectivity index is 1.60. The van der Waals surface area contributed by atoms with E-state index in [0.717, 1.165) is 45.3 Å². The SMILES string of the molecule is CC1CCCC(NCC(O)CN2CCOCC2)CC1. The van der Waals surface area contributed by atoms with Crippen LogP contribution in [0.1, 0.15) is 39.0 Å². The van der Waals surface area contributed by atoms with Gasteiger partial charge in [-0.25, -0.2) is 0 Å². The summed E-state index contributed by atoms with van der Waals surface area (Å²) in [4.78, 5) is 2.30. The fraction of sp³-hybridized carbons (Fsp3) is 1.00. The lowest BCUT2D eigenvalue weighted by molar-refractivity contribution is 0.0144. The molecule has 1 saturated heterocycles. The lowest BCUT2D eigenvalue weighted by Gasteiger charge is -2.29. The van der Waals surface area contributed by atoms with Crippen molar-refractivity contribution in [3.8, 4) is 0 Å². The molecule has 0 radical (unpaired) electrons. The van der Waals surface area contributed by atoms with E-state index >= 15 is 0 Å². The summed E-state index contributed by atoms with van der Waals surface area (Å²) in [5, 5.41) is 13.7. The quantitative estimate of drug-likeness (QED) is 0.738. The number of nitrogens with one attached hydrogen (secondary N) is 1. The van der Waals surface area contributed by atoms with Gasteiger partial charge in [0.1, 0.15) is 0 Å². The summed E-state index contributed by atoms with van der Waals surface area (Å²) < 4.78 is 5.32. The smallest absolute Gasteiger partial charge is 0.0791 e. The van der Waals surface area contributed by atoms with E-state index in [9.17, 15) is 5.11 Å². The largest absolute Gasteiger partial charge is 0.390 e. The third kappa shape index (κ3) is 5.78. The first kappa shape index (κ1) is 15.2. The van der Waals surface area contributed by atoms with Crippen LogP contribution in [0.15, 0.2) is 0 Å². The standard InChI is InChI=1S/C15H30N2O2/c1-13-3-2-4-14(6-5-13)16-11-15(18)12-17-7-9-19-10-8-17/h13-16,18H,2-12H2,1H3. The monoisotopic (exact) mass is 270 g/mol. The molecule has 1 aliphatic heterocycles. The van der Waals surface area contributed by atoms with Crippen molar-refractivity contribution in [2.75, 3.05) is 39.4 Å². The molecular weight excluding hydrogens is 240 g/mol. The van der Waals surface area contributed by atoms with Gasteiger partial charge in [0, 0.05) is 32.2 Å². The highest BCUT2D eigenvalue weighted by molar-refractivity contribution is 4.76. The molecule has 0 amide bonds. The number of hydrogen-bond acceptors (Lipinski definition) is 4. The Morgan fingerprint density at radius 3 is 2.79 bits per heavy atom. The van der Waals surface area contributed by atoms with Crippen LogP contribution in [0.5, 0.6) is 0 Å². The predicted molar refractivity (Wildman–Crippen MR) is 77.3 cm³/mol. The molecule has 1 saturated carbocycles. The Bertz CT molecular complexity index is 244. The minimum Gasteiger partial charge on any atom is -0.390 e. The number of hydrogen-bond donors (Lipinski definition) is 2. The summed E-state index contributed by atoms with van der Waals surface area (Å²) in [6, 6.07) is 0.615. The summed E-state index contributed by atoms with van der Waals surface area (Å²) in [7, 11) is 0. The minimum absolute atomic E-state index is 0.251. The van der Waals surface area contributed by atoms with Crippen LogP contribution in [0.4, 0.5) is 0 Å². The van der Waals surface area contributed by atoms with Crippen LogP contribution in [0.2, 0.25) is 0 Å². The highest BCUT2D eigenvalue weighted by atomic mass is 16.5. The average molecular weight is 270 g/mol. The first-order chi connectivity index (χ1) is 9.24. The van der Waals surface area contributed by atoms with Crippen molar-refractivity contribution >= 4 is 0 Å². The van der Waals surface area contributed by atoms with Crippen molar-refractivity contribution in [2.45, 2.75) is 51.2 Å². The second kappa shape index (κ2) is 8.20. The van der Waals surface area contributed by atoms with E-state index in [1.165, 1.54) is 32.1 Å². The number of rotatable bonds is 5. The maximum Gasteiger partial charge on any atom is 0.0791 e. The fourth-order valence-corrected chi connectivity index (χ4v) is 3.14. The first-order valence-electron chi connectivity index (χ1n) is 7.95. The molecule has 1 heterocycles. The second-order valence-corrected chi connectivity index (χ2v) is 6.29. The number of nitrogens with zero attached hydrogens (tertiary/aromatic N) is 1. The molecule has 112 valence electrons. The zero-order valence-electron chi connectivity index (χ0n) is 12.3. The molecule has 2 fully saturated rings. The van der Waals surface area contributed by atoms with Crippen molar-refractivity contribution in [2.24, 2.45) is 5.92 Å². The Labute approximate surface area is 117 Å². The summed E-state index contributed by atoms with van der Waals surface area (Å²) in [5.41, 5.74) is 0. The van der Waals surface area contributed by atoms with Crippen LogP contribution in [-0.2, 0) is 4.74 Å². The third-order valence-corrected chi connectivity index (χ3v) is 4.47. The van der Waals surface area contributed by atoms with Crippen LogP contribution in [0, 0.1) is 5.92 Å². The highest BCUT2D eigenvalue weighted by Gasteiger charge is 2.18. The first-order valence-corrected chi connectivity index (χ1v) is 7.95. The average Bonchev–Trinajstić information content (AvgIpc) is 2.62. The van der Waals surface area contributed by atoms with Crippen molar-refractivity contribution in [3.05, 3.63) is 0 Å². The van der Waals surface area contributed by atoms with E-state index in [0.29, 0.717) is 6.04 Å². The molecule has 0 aromatic heterocycles. The predicted octanol–water partition coefficient (Wildman–Crippen LogP) is 1.24. The van der Waals surface area contributed by atoms with Gasteiger partial charge in [0.2, 0.25) is 0 Å². The maximum atomic E-state index is 10.1. The molecule has 0 aromatic carbocycles. The third-order valence-electron chi connectivity index (χ3n) is 4.47. The lowest BCUT2D eigenvalue weighted by Crippen LogP contribution is -2.45. The van der Waals surface area contributed by atoms with Crippen LogP contribution in [-0.4, -0.2) is 61.5 Å². The molecule has 4 nitrogen and oxygen atoms in total. The number of ether oxygens (including phenoxy) is 1. The summed E-state index contributed by atoms with van der Waals surface area (Å²) in [5.74, 6) is 0.880. The van der Waals surface area contributed by atoms with Gasteiger partial charge in [-0.3, -0.25) is 4.90 Å². The topological polar surface area (TPSA) is 44.7 Å². The molecule has 0 aromatic rings. The van der Waals surface area contributed by atoms with Crippen molar-refractivity contribution in [1.82, 2.24) is 10.2 Å². The van der Waals surface area contributed by atoms with Gasteiger partial charge in [-0.1, -0.05) is 19.8 Å². The van der Waals surface area contributed by atoms with Gasteiger partial charge in [0.15, 0.2) is 0 Å². The molecule has 0 spiro atoms. The molecule has 2 N–H and O–H groups in total. The highest BCUT2D eigenvalue weighted by Crippen LogP contribution is 2.22. The molecule has 0 bridgehead atoms. The Morgan fingerprint density at radius 1 is 1.21 bits per heavy atom. The van der Waals surface area contributed by atoms with Crippen LogP contribution < -0.4 is 5.32 Å². The second-order valence-electron chi connectivity index (χ2n) is 6.29. The van der Waals surface area contributed by atoms with Gasteiger partial charge < -0.3 is 15.2 Å². The van der Waals surface area contributed by atoms with Crippen molar-refractivity contribution in [3.63, 3.8) is 0 Å². The van der Waals surface area contributed by atoms with Gasteiger partial charge in [-0.05, 0) is 25.2 Å². The van der Waals surface area contributed by atoms with Gasteiger partial charge in [0.25, 0.3) is 0 Å². The zero-order valence-corrected chi connectivity index (χ0v) is 12.3. The van der Waals surface area contributed by atoms with Gasteiger partial charge in [0.05, 0.1) is 19.3 Å². The Hall–Kier alpha value is -0.160. The number of aliphatic hydroxyl groups excluding tert-OH is 1. The number of aliphatic hydroxyl groups is 1. The summed E-state index contributed by atoms with van der Waals surface area (Å²) >= 11 is 0. The molecule has 1 aliphatic carbocycles. The molecule has 4 heteroatoms. The molecule has 3 unspecified atom stereocenters. The van der Waals surface area contributed by atoms with Crippen LogP contribution in [0.3, 0.4) is 0 Å². The van der Waals surface area contributed by atoms with Crippen LogP contribution >= 0.6 is 0 Å².